The first-order chi connectivity index (χ1) is 18.2. The first kappa shape index (κ1) is 25.0. The number of amides is 1. The fourth-order valence-corrected chi connectivity index (χ4v) is 5.25. The van der Waals surface area contributed by atoms with Crippen molar-refractivity contribution in [2.45, 2.75) is 31.6 Å². The van der Waals surface area contributed by atoms with Crippen LogP contribution in [0.15, 0.2) is 95.3 Å². The van der Waals surface area contributed by atoms with Crippen LogP contribution in [0.25, 0.3) is 0 Å². The number of nitro groups is 1. The van der Waals surface area contributed by atoms with Gasteiger partial charge in [0.05, 0.1) is 4.92 Å². The van der Waals surface area contributed by atoms with Crippen LogP contribution in [0.3, 0.4) is 0 Å². The lowest BCUT2D eigenvalue weighted by molar-refractivity contribution is -0.384. The molecule has 192 valence electrons. The highest BCUT2D eigenvalue weighted by Crippen LogP contribution is 2.46. The zero-order valence-corrected chi connectivity index (χ0v) is 20.3. The molecule has 5 rings (SSSR count). The maximum Gasteiger partial charge on any atom is 0.269 e. The highest BCUT2D eigenvalue weighted by atomic mass is 19.1. The minimum Gasteiger partial charge on any atom is -0.362 e. The van der Waals surface area contributed by atoms with Crippen molar-refractivity contribution >= 4 is 23.1 Å². The van der Waals surface area contributed by atoms with Gasteiger partial charge in [0.1, 0.15) is 17.3 Å². The number of rotatable bonds is 5. The van der Waals surface area contributed by atoms with Crippen molar-refractivity contribution in [3.63, 3.8) is 0 Å². The van der Waals surface area contributed by atoms with E-state index in [-0.39, 0.29) is 29.4 Å². The number of carbonyl (C=O) groups is 2. The van der Waals surface area contributed by atoms with Gasteiger partial charge in [-0.2, -0.15) is 0 Å². The molecule has 1 heterocycles. The van der Waals surface area contributed by atoms with Gasteiger partial charge in [-0.3, -0.25) is 19.7 Å². The van der Waals surface area contributed by atoms with Gasteiger partial charge < -0.3 is 10.6 Å². The van der Waals surface area contributed by atoms with Gasteiger partial charge in [-0.05, 0) is 42.5 Å². The van der Waals surface area contributed by atoms with Crippen molar-refractivity contribution in [2.75, 3.05) is 5.32 Å². The Labute approximate surface area is 217 Å². The van der Waals surface area contributed by atoms with Crippen molar-refractivity contribution in [3.05, 3.63) is 128 Å². The van der Waals surface area contributed by atoms with Gasteiger partial charge in [-0.1, -0.05) is 48.5 Å². The molecule has 2 unspecified atom stereocenters. The summed E-state index contributed by atoms with van der Waals surface area (Å²) in [5.74, 6) is -3.99. The highest BCUT2D eigenvalue weighted by Gasteiger charge is 2.41. The van der Waals surface area contributed by atoms with E-state index in [0.29, 0.717) is 29.0 Å². The standard InChI is InChI=1S/C29H23F2N3O4/c1-16-25(29(36)33-28-21(30)11-6-12-22(28)31)26(18-9-5-10-20(13-18)34(37)38)27-23(32-16)14-19(15-24(27)35)17-7-3-2-4-8-17/h2-13,19,26,32H,14-15H2,1H3,(H,33,36). The third-order valence-corrected chi connectivity index (χ3v) is 6.96. The number of allylic oxidation sites excluding steroid dienone is 3. The monoisotopic (exact) mass is 515 g/mol. The molecule has 0 aromatic heterocycles. The van der Waals surface area contributed by atoms with Crippen LogP contribution in [0.1, 0.15) is 42.7 Å². The predicted molar refractivity (Wildman–Crippen MR) is 137 cm³/mol. The molecule has 7 nitrogen and oxygen atoms in total. The van der Waals surface area contributed by atoms with Crippen molar-refractivity contribution in [3.8, 4) is 0 Å². The zero-order valence-electron chi connectivity index (χ0n) is 20.3. The number of nitrogens with zero attached hydrogens (tertiary/aromatic N) is 1. The Morgan fingerprint density at radius 1 is 0.974 bits per heavy atom. The van der Waals surface area contributed by atoms with E-state index in [1.165, 1.54) is 24.3 Å². The fourth-order valence-electron chi connectivity index (χ4n) is 5.25. The van der Waals surface area contributed by atoms with Gasteiger partial charge in [0.2, 0.25) is 0 Å². The van der Waals surface area contributed by atoms with Crippen LogP contribution in [0.2, 0.25) is 0 Å². The lowest BCUT2D eigenvalue weighted by Crippen LogP contribution is -2.37. The summed E-state index contributed by atoms with van der Waals surface area (Å²) in [6, 6.07) is 18.6. The third-order valence-electron chi connectivity index (χ3n) is 6.96. The van der Waals surface area contributed by atoms with Gasteiger partial charge >= 0.3 is 0 Å². The van der Waals surface area contributed by atoms with Gasteiger partial charge in [0, 0.05) is 47.0 Å². The van der Waals surface area contributed by atoms with Crippen molar-refractivity contribution in [1.29, 1.82) is 0 Å². The molecule has 3 aromatic rings. The number of carbonyl (C=O) groups excluding carboxylic acids is 2. The van der Waals surface area contributed by atoms with Crippen LogP contribution in [-0.4, -0.2) is 16.6 Å². The summed E-state index contributed by atoms with van der Waals surface area (Å²) in [7, 11) is 0. The lowest BCUT2D eigenvalue weighted by atomic mass is 9.71. The summed E-state index contributed by atoms with van der Waals surface area (Å²) in [5, 5.41) is 17.0. The summed E-state index contributed by atoms with van der Waals surface area (Å²) in [6.45, 7) is 1.64. The van der Waals surface area contributed by atoms with E-state index < -0.39 is 34.1 Å². The summed E-state index contributed by atoms with van der Waals surface area (Å²) in [4.78, 5) is 38.2. The first-order valence-corrected chi connectivity index (χ1v) is 12.0. The van der Waals surface area contributed by atoms with Gasteiger partial charge in [-0.25, -0.2) is 8.78 Å². The highest BCUT2D eigenvalue weighted by molar-refractivity contribution is 6.10. The van der Waals surface area contributed by atoms with Gasteiger partial charge in [0.15, 0.2) is 5.78 Å². The van der Waals surface area contributed by atoms with E-state index in [1.54, 1.807) is 13.0 Å². The van der Waals surface area contributed by atoms with Crippen molar-refractivity contribution < 1.29 is 23.3 Å². The minimum atomic E-state index is -0.967. The molecule has 1 amide bonds. The minimum absolute atomic E-state index is 0.0541. The van der Waals surface area contributed by atoms with Crippen LogP contribution in [0, 0.1) is 21.7 Å². The maximum atomic E-state index is 14.3. The second kappa shape index (κ2) is 10.0. The molecule has 9 heteroatoms. The number of nitro benzene ring substituents is 1. The number of para-hydroxylation sites is 1. The average Bonchev–Trinajstić information content (AvgIpc) is 2.90. The van der Waals surface area contributed by atoms with E-state index >= 15 is 0 Å². The SMILES string of the molecule is CC1=C(C(=O)Nc2c(F)cccc2F)C(c2cccc([N+](=O)[O-])c2)C2=C(CC(c3ccccc3)CC2=O)N1. The molecule has 0 fully saturated rings. The predicted octanol–water partition coefficient (Wildman–Crippen LogP) is 5.87. The molecule has 2 aliphatic rings. The second-order valence-electron chi connectivity index (χ2n) is 9.33. The number of nitrogens with one attached hydrogen (secondary N) is 2. The van der Waals surface area contributed by atoms with Crippen LogP contribution < -0.4 is 10.6 Å². The van der Waals surface area contributed by atoms with E-state index in [0.717, 1.165) is 17.7 Å². The summed E-state index contributed by atoms with van der Waals surface area (Å²) >= 11 is 0. The van der Waals surface area contributed by atoms with Crippen molar-refractivity contribution in [1.82, 2.24) is 5.32 Å². The van der Waals surface area contributed by atoms with Gasteiger partial charge in [-0.15, -0.1) is 0 Å². The normalized spacial score (nSPS) is 19.1. The Kier molecular flexibility index (Phi) is 6.59. The number of dihydropyridines is 1. The molecular formula is C29H23F2N3O4. The molecule has 3 aromatic carbocycles. The number of benzene rings is 3. The second-order valence-corrected chi connectivity index (χ2v) is 9.33. The van der Waals surface area contributed by atoms with Crippen LogP contribution >= 0.6 is 0 Å². The Morgan fingerprint density at radius 2 is 1.63 bits per heavy atom. The Balaban J connectivity index is 1.61. The van der Waals surface area contributed by atoms with E-state index in [4.69, 9.17) is 0 Å². The zero-order chi connectivity index (χ0) is 27.0. The molecule has 0 saturated carbocycles. The molecular weight excluding hydrogens is 492 g/mol. The molecule has 0 spiro atoms. The van der Waals surface area contributed by atoms with E-state index in [2.05, 4.69) is 10.6 Å². The topological polar surface area (TPSA) is 101 Å². The third kappa shape index (κ3) is 4.58. The summed E-state index contributed by atoms with van der Waals surface area (Å²) < 4.78 is 28.7. The van der Waals surface area contributed by atoms with Crippen LogP contribution in [0.5, 0.6) is 0 Å². The number of non-ortho nitro benzene ring substituents is 1. The molecule has 2 atom stereocenters. The maximum absolute atomic E-state index is 14.3. The fraction of sp³-hybridized carbons (Fsp3) is 0.172. The molecule has 0 radical (unpaired) electrons. The number of ketones is 1. The Morgan fingerprint density at radius 3 is 2.32 bits per heavy atom. The lowest BCUT2D eigenvalue weighted by Gasteiger charge is -2.37. The van der Waals surface area contributed by atoms with Crippen LogP contribution in [-0.2, 0) is 9.59 Å². The van der Waals surface area contributed by atoms with Crippen molar-refractivity contribution in [2.24, 2.45) is 0 Å². The number of hydrogen-bond donors (Lipinski definition) is 2. The quantitative estimate of drug-likeness (QED) is 0.327. The molecule has 38 heavy (non-hydrogen) atoms. The molecule has 2 N–H and O–H groups in total. The van der Waals surface area contributed by atoms with E-state index in [1.807, 2.05) is 30.3 Å². The number of anilines is 1. The summed E-state index contributed by atoms with van der Waals surface area (Å²) in [6.07, 6.45) is 0.677. The first-order valence-electron chi connectivity index (χ1n) is 12.0. The number of halogens is 2. The molecule has 0 bridgehead atoms. The summed E-state index contributed by atoms with van der Waals surface area (Å²) in [5.41, 5.74) is 1.93. The largest absolute Gasteiger partial charge is 0.362 e. The number of hydrogen-bond acceptors (Lipinski definition) is 5. The Bertz CT molecular complexity index is 1510. The van der Waals surface area contributed by atoms with E-state index in [9.17, 15) is 28.5 Å². The molecule has 1 aliphatic carbocycles. The molecule has 0 saturated heterocycles. The Hall–Kier alpha value is -4.66. The molecule has 1 aliphatic heterocycles. The number of Topliss-reactive ketones (excluding diaryl/α,β-unsaturated/α-hetero) is 1. The van der Waals surface area contributed by atoms with Gasteiger partial charge in [0.25, 0.3) is 11.6 Å². The average molecular weight is 516 g/mol. The smallest absolute Gasteiger partial charge is 0.269 e. The van der Waals surface area contributed by atoms with Crippen LogP contribution in [0.4, 0.5) is 20.2 Å².